The minimum absolute atomic E-state index is 0.0752. The molecule has 1 heterocycles. The molecule has 2 unspecified atom stereocenters. The van der Waals surface area contributed by atoms with Gasteiger partial charge in [-0.2, -0.15) is 0 Å². The summed E-state index contributed by atoms with van der Waals surface area (Å²) >= 11 is 3.34. The van der Waals surface area contributed by atoms with Crippen molar-refractivity contribution in [3.63, 3.8) is 0 Å². The third-order valence-corrected chi connectivity index (χ3v) is 4.01. The molecule has 108 valence electrons. The maximum Gasteiger partial charge on any atom is 0.321 e. The number of nitrogens with one attached hydrogen (secondary N) is 1. The Morgan fingerprint density at radius 1 is 1.50 bits per heavy atom. The van der Waals surface area contributed by atoms with Crippen LogP contribution in [0.3, 0.4) is 0 Å². The van der Waals surface area contributed by atoms with Crippen LogP contribution < -0.4 is 5.32 Å². The second-order valence-electron chi connectivity index (χ2n) is 5.08. The van der Waals surface area contributed by atoms with Crippen molar-refractivity contribution in [2.75, 3.05) is 18.4 Å². The van der Waals surface area contributed by atoms with Gasteiger partial charge in [0.15, 0.2) is 0 Å². The number of amides is 1. The third kappa shape index (κ3) is 3.58. The van der Waals surface area contributed by atoms with Crippen LogP contribution in [0.2, 0.25) is 0 Å². The molecule has 2 rings (SSSR count). The molecule has 5 nitrogen and oxygen atoms in total. The Morgan fingerprint density at radius 2 is 2.25 bits per heavy atom. The average molecular weight is 341 g/mol. The topological polar surface area (TPSA) is 69.6 Å². The first kappa shape index (κ1) is 15.0. The molecule has 0 saturated carbocycles. The zero-order chi connectivity index (χ0) is 14.7. The zero-order valence-corrected chi connectivity index (χ0v) is 12.8. The van der Waals surface area contributed by atoms with Gasteiger partial charge in [-0.15, -0.1) is 0 Å². The number of halogens is 1. The van der Waals surface area contributed by atoms with E-state index in [1.165, 1.54) is 0 Å². The van der Waals surface area contributed by atoms with E-state index < -0.39 is 12.0 Å². The van der Waals surface area contributed by atoms with Gasteiger partial charge in [-0.3, -0.25) is 14.5 Å². The summed E-state index contributed by atoms with van der Waals surface area (Å²) in [6.07, 6.45) is 0.807. The van der Waals surface area contributed by atoms with Crippen LogP contribution >= 0.6 is 15.9 Å². The Balaban J connectivity index is 1.96. The predicted octanol–water partition coefficient (Wildman–Crippen LogP) is 2.18. The normalized spacial score (nSPS) is 22.7. The lowest BCUT2D eigenvalue weighted by Gasteiger charge is -2.22. The number of carbonyl (C=O) groups is 2. The van der Waals surface area contributed by atoms with Crippen molar-refractivity contribution >= 4 is 33.5 Å². The molecule has 0 radical (unpaired) electrons. The predicted molar refractivity (Wildman–Crippen MR) is 79.5 cm³/mol. The number of likely N-dealkylation sites (tertiary alicyclic amines) is 1. The van der Waals surface area contributed by atoms with Gasteiger partial charge in [-0.25, -0.2) is 0 Å². The summed E-state index contributed by atoms with van der Waals surface area (Å²) in [6, 6.07) is 6.74. The number of carboxylic acid groups (broad SMARTS) is 1. The van der Waals surface area contributed by atoms with Crippen LogP contribution in [0.5, 0.6) is 0 Å². The van der Waals surface area contributed by atoms with E-state index in [0.29, 0.717) is 12.2 Å². The van der Waals surface area contributed by atoms with Crippen LogP contribution in [-0.4, -0.2) is 41.0 Å². The number of carbonyl (C=O) groups excluding carboxylic acids is 1. The molecule has 1 aliphatic rings. The number of aliphatic carboxylic acids is 1. The van der Waals surface area contributed by atoms with E-state index in [1.807, 2.05) is 19.1 Å². The molecule has 2 N–H and O–H groups in total. The van der Waals surface area contributed by atoms with Gasteiger partial charge < -0.3 is 10.4 Å². The van der Waals surface area contributed by atoms with Crippen molar-refractivity contribution in [2.24, 2.45) is 5.92 Å². The fourth-order valence-corrected chi connectivity index (χ4v) is 2.95. The van der Waals surface area contributed by atoms with Crippen molar-refractivity contribution in [3.8, 4) is 0 Å². The summed E-state index contributed by atoms with van der Waals surface area (Å²) in [5.41, 5.74) is 0.698. The molecule has 0 aromatic heterocycles. The highest BCUT2D eigenvalue weighted by atomic mass is 79.9. The van der Waals surface area contributed by atoms with Gasteiger partial charge in [-0.1, -0.05) is 28.9 Å². The van der Waals surface area contributed by atoms with E-state index >= 15 is 0 Å². The number of rotatable bonds is 4. The van der Waals surface area contributed by atoms with Gasteiger partial charge in [-0.05, 0) is 37.1 Å². The van der Waals surface area contributed by atoms with Crippen molar-refractivity contribution in [3.05, 3.63) is 28.7 Å². The molecule has 0 aliphatic carbocycles. The summed E-state index contributed by atoms with van der Waals surface area (Å²) in [5, 5.41) is 12.0. The van der Waals surface area contributed by atoms with Crippen molar-refractivity contribution in [2.45, 2.75) is 19.4 Å². The molecule has 1 fully saturated rings. The maximum absolute atomic E-state index is 12.0. The number of nitrogens with zero attached hydrogens (tertiary/aromatic N) is 1. The monoisotopic (exact) mass is 340 g/mol. The first-order chi connectivity index (χ1) is 9.47. The molecule has 1 aromatic rings. The Kier molecular flexibility index (Phi) is 4.77. The highest BCUT2D eigenvalue weighted by Crippen LogP contribution is 2.24. The van der Waals surface area contributed by atoms with Crippen LogP contribution in [0.4, 0.5) is 5.69 Å². The molecule has 0 spiro atoms. The molecule has 1 aromatic carbocycles. The lowest BCUT2D eigenvalue weighted by molar-refractivity contribution is -0.143. The van der Waals surface area contributed by atoms with Gasteiger partial charge in [0.1, 0.15) is 6.04 Å². The summed E-state index contributed by atoms with van der Waals surface area (Å²) in [7, 11) is 0. The first-order valence-electron chi connectivity index (χ1n) is 6.49. The smallest absolute Gasteiger partial charge is 0.321 e. The Hall–Kier alpha value is -1.40. The Labute approximate surface area is 126 Å². The molecular weight excluding hydrogens is 324 g/mol. The molecule has 20 heavy (non-hydrogen) atoms. The van der Waals surface area contributed by atoms with Crippen LogP contribution in [0.25, 0.3) is 0 Å². The van der Waals surface area contributed by atoms with Crippen LogP contribution in [0, 0.1) is 5.92 Å². The Bertz CT molecular complexity index is 521. The SMILES string of the molecule is CC1CCN(CC(=O)Nc2cccc(Br)c2)C1C(=O)O. The molecule has 1 amide bonds. The van der Waals surface area contributed by atoms with Gasteiger partial charge in [0, 0.05) is 10.2 Å². The highest BCUT2D eigenvalue weighted by Gasteiger charge is 2.37. The first-order valence-corrected chi connectivity index (χ1v) is 7.29. The molecule has 6 heteroatoms. The summed E-state index contributed by atoms with van der Waals surface area (Å²) < 4.78 is 0.883. The second kappa shape index (κ2) is 6.37. The van der Waals surface area contributed by atoms with Crippen molar-refractivity contribution in [1.29, 1.82) is 0 Å². The number of carboxylic acids is 1. The number of benzene rings is 1. The van der Waals surface area contributed by atoms with Crippen LogP contribution in [0.15, 0.2) is 28.7 Å². The van der Waals surface area contributed by atoms with Gasteiger partial charge in [0.2, 0.25) is 5.91 Å². The third-order valence-electron chi connectivity index (χ3n) is 3.51. The van der Waals surface area contributed by atoms with Gasteiger partial charge >= 0.3 is 5.97 Å². The van der Waals surface area contributed by atoms with E-state index in [0.717, 1.165) is 10.9 Å². The van der Waals surface area contributed by atoms with Gasteiger partial charge in [0.25, 0.3) is 0 Å². The lowest BCUT2D eigenvalue weighted by Crippen LogP contribution is -2.43. The summed E-state index contributed by atoms with van der Waals surface area (Å²) in [5.74, 6) is -0.972. The van der Waals surface area contributed by atoms with Gasteiger partial charge in [0.05, 0.1) is 6.54 Å². The van der Waals surface area contributed by atoms with E-state index in [1.54, 1.807) is 17.0 Å². The van der Waals surface area contributed by atoms with Crippen molar-refractivity contribution in [1.82, 2.24) is 4.90 Å². The number of hydrogen-bond donors (Lipinski definition) is 2. The molecule has 1 aliphatic heterocycles. The fourth-order valence-electron chi connectivity index (χ4n) is 2.55. The molecule has 2 atom stereocenters. The summed E-state index contributed by atoms with van der Waals surface area (Å²) in [6.45, 7) is 2.66. The molecule has 1 saturated heterocycles. The molecular formula is C14H17BrN2O3. The largest absolute Gasteiger partial charge is 0.480 e. The number of anilines is 1. The number of hydrogen-bond acceptors (Lipinski definition) is 3. The minimum Gasteiger partial charge on any atom is -0.480 e. The second-order valence-corrected chi connectivity index (χ2v) is 5.99. The minimum atomic E-state index is -0.856. The fraction of sp³-hybridized carbons (Fsp3) is 0.429. The average Bonchev–Trinajstić information content (AvgIpc) is 2.70. The quantitative estimate of drug-likeness (QED) is 0.881. The van der Waals surface area contributed by atoms with E-state index in [-0.39, 0.29) is 18.4 Å². The Morgan fingerprint density at radius 3 is 2.90 bits per heavy atom. The molecule has 0 bridgehead atoms. The highest BCUT2D eigenvalue weighted by molar-refractivity contribution is 9.10. The van der Waals surface area contributed by atoms with Crippen LogP contribution in [0.1, 0.15) is 13.3 Å². The maximum atomic E-state index is 12.0. The van der Waals surface area contributed by atoms with E-state index in [4.69, 9.17) is 0 Å². The van der Waals surface area contributed by atoms with Crippen LogP contribution in [-0.2, 0) is 9.59 Å². The standard InChI is InChI=1S/C14H17BrN2O3/c1-9-5-6-17(13(9)14(19)20)8-12(18)16-11-4-2-3-10(15)7-11/h2-4,7,9,13H,5-6,8H2,1H3,(H,16,18)(H,19,20). The zero-order valence-electron chi connectivity index (χ0n) is 11.2. The lowest BCUT2D eigenvalue weighted by atomic mass is 10.0. The van der Waals surface area contributed by atoms with Crippen molar-refractivity contribution < 1.29 is 14.7 Å². The van der Waals surface area contributed by atoms with E-state index in [2.05, 4.69) is 21.2 Å². The summed E-state index contributed by atoms with van der Waals surface area (Å²) in [4.78, 5) is 24.9. The van der Waals surface area contributed by atoms with E-state index in [9.17, 15) is 14.7 Å².